The molecule has 5 rings (SSSR count). The Kier molecular flexibility index (Phi) is 5.37. The molecule has 2 aromatic carbocycles. The molecule has 5 nitrogen and oxygen atoms in total. The highest BCUT2D eigenvalue weighted by molar-refractivity contribution is 7.18. The van der Waals surface area contributed by atoms with Crippen molar-refractivity contribution < 1.29 is 4.74 Å². The Bertz CT molecular complexity index is 1260. The van der Waals surface area contributed by atoms with E-state index in [9.17, 15) is 4.79 Å². The van der Waals surface area contributed by atoms with Crippen LogP contribution in [0.4, 0.5) is 0 Å². The minimum Gasteiger partial charge on any atom is -0.383 e. The van der Waals surface area contributed by atoms with E-state index in [1.54, 1.807) is 29.3 Å². The highest BCUT2D eigenvalue weighted by Crippen LogP contribution is 2.33. The predicted octanol–water partition coefficient (Wildman–Crippen LogP) is 3.75. The lowest BCUT2D eigenvalue weighted by molar-refractivity contribution is 0.194. The Labute approximate surface area is 179 Å². The SMILES string of the molecule is COCCNC1CCc2c(sc3ncn(Cc4cccc5ccccc45)c(=O)c23)C1. The van der Waals surface area contributed by atoms with Gasteiger partial charge in [0.25, 0.3) is 5.56 Å². The molecule has 0 spiro atoms. The summed E-state index contributed by atoms with van der Waals surface area (Å²) >= 11 is 1.68. The van der Waals surface area contributed by atoms with Gasteiger partial charge in [0.05, 0.1) is 24.9 Å². The third-order valence-electron chi connectivity index (χ3n) is 6.00. The van der Waals surface area contributed by atoms with Crippen molar-refractivity contribution in [3.8, 4) is 0 Å². The van der Waals surface area contributed by atoms with Crippen LogP contribution in [0.2, 0.25) is 0 Å². The van der Waals surface area contributed by atoms with Gasteiger partial charge in [0, 0.05) is 24.6 Å². The first-order valence-electron chi connectivity index (χ1n) is 10.4. The number of aryl methyl sites for hydroxylation is 1. The first kappa shape index (κ1) is 19.4. The molecule has 1 N–H and O–H groups in total. The van der Waals surface area contributed by atoms with Crippen molar-refractivity contribution in [1.29, 1.82) is 0 Å². The number of hydrogen-bond acceptors (Lipinski definition) is 5. The molecule has 0 bridgehead atoms. The third-order valence-corrected chi connectivity index (χ3v) is 7.16. The number of ether oxygens (including phenoxy) is 1. The zero-order valence-electron chi connectivity index (χ0n) is 17.1. The van der Waals surface area contributed by atoms with E-state index in [0.29, 0.717) is 12.6 Å². The number of thiophene rings is 1. The maximum absolute atomic E-state index is 13.4. The fourth-order valence-electron chi connectivity index (χ4n) is 4.47. The van der Waals surface area contributed by atoms with Gasteiger partial charge >= 0.3 is 0 Å². The highest BCUT2D eigenvalue weighted by Gasteiger charge is 2.25. The number of hydrogen-bond donors (Lipinski definition) is 1. The van der Waals surface area contributed by atoms with E-state index >= 15 is 0 Å². The molecule has 0 saturated carbocycles. The van der Waals surface area contributed by atoms with Crippen LogP contribution >= 0.6 is 11.3 Å². The number of fused-ring (bicyclic) bond motifs is 4. The molecule has 2 heterocycles. The minimum absolute atomic E-state index is 0.0798. The molecular formula is C24H25N3O2S. The molecule has 6 heteroatoms. The van der Waals surface area contributed by atoms with E-state index in [1.165, 1.54) is 21.2 Å². The van der Waals surface area contributed by atoms with Crippen LogP contribution in [-0.4, -0.2) is 35.9 Å². The fourth-order valence-corrected chi connectivity index (χ4v) is 5.72. The highest BCUT2D eigenvalue weighted by atomic mass is 32.1. The number of nitrogens with zero attached hydrogens (tertiary/aromatic N) is 2. The van der Waals surface area contributed by atoms with Crippen molar-refractivity contribution in [3.05, 3.63) is 75.1 Å². The van der Waals surface area contributed by atoms with Gasteiger partial charge in [-0.25, -0.2) is 4.98 Å². The normalized spacial score (nSPS) is 16.2. The van der Waals surface area contributed by atoms with Crippen LogP contribution in [0.3, 0.4) is 0 Å². The molecule has 0 aliphatic heterocycles. The summed E-state index contributed by atoms with van der Waals surface area (Å²) in [5.41, 5.74) is 2.43. The van der Waals surface area contributed by atoms with E-state index in [0.717, 1.165) is 48.2 Å². The molecule has 1 aliphatic rings. The van der Waals surface area contributed by atoms with E-state index in [-0.39, 0.29) is 5.56 Å². The molecule has 30 heavy (non-hydrogen) atoms. The Balaban J connectivity index is 1.47. The molecule has 0 fully saturated rings. The van der Waals surface area contributed by atoms with Crippen LogP contribution in [-0.2, 0) is 24.1 Å². The fraction of sp³-hybridized carbons (Fsp3) is 0.333. The van der Waals surface area contributed by atoms with Crippen LogP contribution in [0.15, 0.2) is 53.6 Å². The van der Waals surface area contributed by atoms with Gasteiger partial charge in [0.15, 0.2) is 0 Å². The van der Waals surface area contributed by atoms with Gasteiger partial charge in [-0.3, -0.25) is 9.36 Å². The summed E-state index contributed by atoms with van der Waals surface area (Å²) in [6.07, 6.45) is 4.64. The van der Waals surface area contributed by atoms with Crippen molar-refractivity contribution in [2.24, 2.45) is 0 Å². The van der Waals surface area contributed by atoms with Crippen LogP contribution in [0.1, 0.15) is 22.4 Å². The summed E-state index contributed by atoms with van der Waals surface area (Å²) in [5.74, 6) is 0. The summed E-state index contributed by atoms with van der Waals surface area (Å²) < 4.78 is 6.90. The largest absolute Gasteiger partial charge is 0.383 e. The first-order valence-corrected chi connectivity index (χ1v) is 11.2. The second-order valence-electron chi connectivity index (χ2n) is 7.89. The lowest BCUT2D eigenvalue weighted by atomic mass is 9.93. The molecule has 0 saturated heterocycles. The lowest BCUT2D eigenvalue weighted by Crippen LogP contribution is -2.36. The molecule has 0 radical (unpaired) electrons. The van der Waals surface area contributed by atoms with Crippen LogP contribution in [0.5, 0.6) is 0 Å². The van der Waals surface area contributed by atoms with E-state index < -0.39 is 0 Å². The van der Waals surface area contributed by atoms with Gasteiger partial charge in [-0.05, 0) is 41.2 Å². The molecular weight excluding hydrogens is 394 g/mol. The molecule has 1 atom stereocenters. The Morgan fingerprint density at radius 2 is 2.10 bits per heavy atom. The maximum Gasteiger partial charge on any atom is 0.262 e. The van der Waals surface area contributed by atoms with Crippen molar-refractivity contribution in [3.63, 3.8) is 0 Å². The minimum atomic E-state index is 0.0798. The topological polar surface area (TPSA) is 56.1 Å². The van der Waals surface area contributed by atoms with Crippen molar-refractivity contribution in [2.45, 2.75) is 31.8 Å². The second-order valence-corrected chi connectivity index (χ2v) is 8.97. The third kappa shape index (κ3) is 3.55. The molecule has 1 unspecified atom stereocenters. The summed E-state index contributed by atoms with van der Waals surface area (Å²) in [4.78, 5) is 20.2. The molecule has 0 amide bonds. The first-order chi connectivity index (χ1) is 14.7. The van der Waals surface area contributed by atoms with Gasteiger partial charge in [-0.15, -0.1) is 11.3 Å². The zero-order chi connectivity index (χ0) is 20.5. The Morgan fingerprint density at radius 1 is 1.23 bits per heavy atom. The van der Waals surface area contributed by atoms with E-state index in [4.69, 9.17) is 4.74 Å². The zero-order valence-corrected chi connectivity index (χ0v) is 17.9. The quantitative estimate of drug-likeness (QED) is 0.484. The number of methoxy groups -OCH3 is 1. The number of aromatic nitrogens is 2. The predicted molar refractivity (Wildman–Crippen MR) is 123 cm³/mol. The summed E-state index contributed by atoms with van der Waals surface area (Å²) in [6.45, 7) is 2.11. The molecule has 2 aromatic heterocycles. The number of rotatable bonds is 6. The van der Waals surface area contributed by atoms with Crippen LogP contribution < -0.4 is 10.9 Å². The summed E-state index contributed by atoms with van der Waals surface area (Å²) in [6, 6.07) is 15.0. The van der Waals surface area contributed by atoms with Crippen LogP contribution in [0, 0.1) is 0 Å². The maximum atomic E-state index is 13.4. The number of benzene rings is 2. The van der Waals surface area contributed by atoms with Gasteiger partial charge in [-0.2, -0.15) is 0 Å². The van der Waals surface area contributed by atoms with Crippen molar-refractivity contribution in [2.75, 3.05) is 20.3 Å². The molecule has 4 aromatic rings. The van der Waals surface area contributed by atoms with Crippen molar-refractivity contribution >= 4 is 32.3 Å². The number of nitrogens with one attached hydrogen (secondary N) is 1. The van der Waals surface area contributed by atoms with Gasteiger partial charge < -0.3 is 10.1 Å². The van der Waals surface area contributed by atoms with Gasteiger partial charge in [0.2, 0.25) is 0 Å². The van der Waals surface area contributed by atoms with Crippen LogP contribution in [0.25, 0.3) is 21.0 Å². The summed E-state index contributed by atoms with van der Waals surface area (Å²) in [5, 5.41) is 6.76. The summed E-state index contributed by atoms with van der Waals surface area (Å²) in [7, 11) is 1.72. The Hall–Kier alpha value is -2.54. The average Bonchev–Trinajstić information content (AvgIpc) is 3.14. The average molecular weight is 420 g/mol. The van der Waals surface area contributed by atoms with E-state index in [1.807, 2.05) is 12.1 Å². The Morgan fingerprint density at radius 3 is 3.00 bits per heavy atom. The molecule has 1 aliphatic carbocycles. The second kappa shape index (κ2) is 8.30. The monoisotopic (exact) mass is 419 g/mol. The van der Waals surface area contributed by atoms with E-state index in [2.05, 4.69) is 40.6 Å². The van der Waals surface area contributed by atoms with Gasteiger partial charge in [-0.1, -0.05) is 42.5 Å². The smallest absolute Gasteiger partial charge is 0.262 e. The van der Waals surface area contributed by atoms with Gasteiger partial charge in [0.1, 0.15) is 4.83 Å². The molecule has 154 valence electrons. The van der Waals surface area contributed by atoms with Crippen molar-refractivity contribution in [1.82, 2.24) is 14.9 Å². The standard InChI is InChI=1S/C24H25N3O2S/c1-29-12-11-25-18-9-10-20-21(13-18)30-23-22(20)24(28)27(15-26-23)14-17-7-4-6-16-5-2-3-8-19(16)17/h2-8,15,18,25H,9-14H2,1H3. The lowest BCUT2D eigenvalue weighted by Gasteiger charge is -2.23.